The number of fused-ring (bicyclic) bond motifs is 1. The van der Waals surface area contributed by atoms with Gasteiger partial charge in [0.1, 0.15) is 12.0 Å². The summed E-state index contributed by atoms with van der Waals surface area (Å²) in [5.74, 6) is -1.50. The molecule has 1 fully saturated rings. The number of anilines is 3. The SMILES string of the molecule is CC(C)(C)N1NNc2ncnc(N3CCC(F)(F)C3)c21. The highest BCUT2D eigenvalue weighted by molar-refractivity contribution is 5.81. The maximum Gasteiger partial charge on any atom is 0.266 e. The molecule has 0 amide bonds. The van der Waals surface area contributed by atoms with Crippen molar-refractivity contribution in [3.05, 3.63) is 6.33 Å². The fourth-order valence-electron chi connectivity index (χ4n) is 2.48. The minimum absolute atomic E-state index is 0.137. The molecule has 8 heteroatoms. The molecule has 0 bridgehead atoms. The van der Waals surface area contributed by atoms with Gasteiger partial charge in [-0.3, -0.25) is 10.4 Å². The Kier molecular flexibility index (Phi) is 2.75. The molecule has 110 valence electrons. The number of nitrogens with zero attached hydrogens (tertiary/aromatic N) is 4. The third-order valence-electron chi connectivity index (χ3n) is 3.45. The summed E-state index contributed by atoms with van der Waals surface area (Å²) in [6.45, 7) is 6.06. The van der Waals surface area contributed by atoms with Gasteiger partial charge in [-0.15, -0.1) is 5.53 Å². The van der Waals surface area contributed by atoms with Crippen molar-refractivity contribution < 1.29 is 8.78 Å². The summed E-state index contributed by atoms with van der Waals surface area (Å²) < 4.78 is 26.9. The van der Waals surface area contributed by atoms with Gasteiger partial charge in [0.2, 0.25) is 0 Å². The van der Waals surface area contributed by atoms with Gasteiger partial charge in [-0.1, -0.05) is 0 Å². The van der Waals surface area contributed by atoms with Gasteiger partial charge < -0.3 is 4.90 Å². The number of rotatable bonds is 1. The van der Waals surface area contributed by atoms with Crippen LogP contribution in [-0.2, 0) is 0 Å². The van der Waals surface area contributed by atoms with Crippen LogP contribution in [0.4, 0.5) is 26.1 Å². The van der Waals surface area contributed by atoms with Crippen LogP contribution in [0.1, 0.15) is 27.2 Å². The van der Waals surface area contributed by atoms with Crippen LogP contribution < -0.4 is 20.9 Å². The molecule has 0 unspecified atom stereocenters. The van der Waals surface area contributed by atoms with E-state index in [1.165, 1.54) is 6.33 Å². The molecule has 0 spiro atoms. The Bertz CT molecular complexity index is 527. The van der Waals surface area contributed by atoms with Gasteiger partial charge in [-0.2, -0.15) is 0 Å². The zero-order valence-corrected chi connectivity index (χ0v) is 11.7. The molecule has 20 heavy (non-hydrogen) atoms. The summed E-state index contributed by atoms with van der Waals surface area (Å²) in [4.78, 5) is 9.99. The van der Waals surface area contributed by atoms with Crippen molar-refractivity contribution in [3.8, 4) is 0 Å². The summed E-state index contributed by atoms with van der Waals surface area (Å²) in [6, 6.07) is 0. The minimum atomic E-state index is -2.65. The number of aromatic nitrogens is 2. The van der Waals surface area contributed by atoms with E-state index in [-0.39, 0.29) is 18.5 Å². The van der Waals surface area contributed by atoms with E-state index < -0.39 is 5.92 Å². The number of halogens is 2. The molecule has 2 N–H and O–H groups in total. The fraction of sp³-hybridized carbons (Fsp3) is 0.667. The van der Waals surface area contributed by atoms with Crippen molar-refractivity contribution in [2.45, 2.75) is 38.7 Å². The fourth-order valence-corrected chi connectivity index (χ4v) is 2.48. The van der Waals surface area contributed by atoms with Crippen molar-refractivity contribution in [1.29, 1.82) is 0 Å². The van der Waals surface area contributed by atoms with Crippen LogP contribution >= 0.6 is 0 Å². The van der Waals surface area contributed by atoms with E-state index in [4.69, 9.17) is 0 Å². The van der Waals surface area contributed by atoms with E-state index in [0.29, 0.717) is 18.2 Å². The molecule has 1 aromatic rings. The molecule has 6 nitrogen and oxygen atoms in total. The number of alkyl halides is 2. The van der Waals surface area contributed by atoms with Crippen LogP contribution in [0.2, 0.25) is 0 Å². The molecule has 3 rings (SSSR count). The van der Waals surface area contributed by atoms with Gasteiger partial charge in [0.25, 0.3) is 5.92 Å². The van der Waals surface area contributed by atoms with Crippen LogP contribution in [0.25, 0.3) is 0 Å². The first-order valence-corrected chi connectivity index (χ1v) is 6.58. The topological polar surface area (TPSA) is 56.3 Å². The number of nitrogens with one attached hydrogen (secondary N) is 2. The van der Waals surface area contributed by atoms with Crippen LogP contribution in [0, 0.1) is 0 Å². The predicted molar refractivity (Wildman–Crippen MR) is 72.8 cm³/mol. The average molecular weight is 284 g/mol. The average Bonchev–Trinajstić information content (AvgIpc) is 2.90. The zero-order chi connectivity index (χ0) is 14.5. The zero-order valence-electron chi connectivity index (χ0n) is 11.7. The van der Waals surface area contributed by atoms with E-state index in [0.717, 1.165) is 5.69 Å². The van der Waals surface area contributed by atoms with Crippen molar-refractivity contribution >= 4 is 17.3 Å². The Morgan fingerprint density at radius 1 is 1.30 bits per heavy atom. The molecule has 0 radical (unpaired) electrons. The number of hydrogen-bond donors (Lipinski definition) is 2. The molecule has 1 saturated heterocycles. The van der Waals surface area contributed by atoms with Gasteiger partial charge in [-0.05, 0) is 20.8 Å². The molecule has 2 aliphatic rings. The van der Waals surface area contributed by atoms with Crippen molar-refractivity contribution in [3.63, 3.8) is 0 Å². The molecular weight excluding hydrogens is 266 g/mol. The first-order chi connectivity index (χ1) is 9.28. The second-order valence-electron chi connectivity index (χ2n) is 6.17. The maximum absolute atomic E-state index is 13.4. The van der Waals surface area contributed by atoms with Gasteiger partial charge in [0.15, 0.2) is 11.6 Å². The van der Waals surface area contributed by atoms with E-state index in [9.17, 15) is 8.78 Å². The molecular formula is C12H18F2N6. The number of hydrazine groups is 2. The lowest BCUT2D eigenvalue weighted by atomic mass is 10.1. The Hall–Kier alpha value is -1.70. The van der Waals surface area contributed by atoms with E-state index in [2.05, 4.69) is 20.9 Å². The second kappa shape index (κ2) is 4.15. The highest BCUT2D eigenvalue weighted by atomic mass is 19.3. The minimum Gasteiger partial charge on any atom is -0.348 e. The third kappa shape index (κ3) is 2.13. The predicted octanol–water partition coefficient (Wildman–Crippen LogP) is 1.77. The van der Waals surface area contributed by atoms with Crippen molar-refractivity contribution in [1.82, 2.24) is 15.5 Å². The Labute approximate surface area is 116 Å². The highest BCUT2D eigenvalue weighted by Crippen LogP contribution is 2.41. The highest BCUT2D eigenvalue weighted by Gasteiger charge is 2.42. The van der Waals surface area contributed by atoms with Crippen molar-refractivity contribution in [2.75, 3.05) is 28.4 Å². The standard InChI is InChI=1S/C12H18F2N6/c1-11(2,3)20-8-9(17-18-20)15-7-16-10(8)19-5-4-12(13,14)6-19/h7,18H,4-6H2,1-3H3,(H,15,16,17). The normalized spacial score (nSPS) is 21.1. The first-order valence-electron chi connectivity index (χ1n) is 6.58. The van der Waals surface area contributed by atoms with Gasteiger partial charge in [-0.25, -0.2) is 18.7 Å². The third-order valence-corrected chi connectivity index (χ3v) is 3.45. The summed E-state index contributed by atoms with van der Waals surface area (Å²) in [6.07, 6.45) is 1.26. The summed E-state index contributed by atoms with van der Waals surface area (Å²) >= 11 is 0. The lowest BCUT2D eigenvalue weighted by Gasteiger charge is -2.34. The molecule has 0 aliphatic carbocycles. The molecule has 1 aromatic heterocycles. The maximum atomic E-state index is 13.4. The second-order valence-corrected chi connectivity index (χ2v) is 6.17. The van der Waals surface area contributed by atoms with Crippen LogP contribution in [0.3, 0.4) is 0 Å². The first kappa shape index (κ1) is 13.3. The van der Waals surface area contributed by atoms with E-state index in [1.807, 2.05) is 25.8 Å². The van der Waals surface area contributed by atoms with Gasteiger partial charge in [0.05, 0.1) is 6.54 Å². The van der Waals surface area contributed by atoms with Crippen LogP contribution in [-0.4, -0.2) is 34.5 Å². The monoisotopic (exact) mass is 284 g/mol. The molecule has 2 aliphatic heterocycles. The van der Waals surface area contributed by atoms with Gasteiger partial charge >= 0.3 is 0 Å². The van der Waals surface area contributed by atoms with E-state index >= 15 is 0 Å². The van der Waals surface area contributed by atoms with E-state index in [1.54, 1.807) is 4.90 Å². The van der Waals surface area contributed by atoms with Gasteiger partial charge in [0, 0.05) is 18.5 Å². The Morgan fingerprint density at radius 2 is 2.05 bits per heavy atom. The Balaban J connectivity index is 2.00. The molecule has 0 aromatic carbocycles. The smallest absolute Gasteiger partial charge is 0.266 e. The lowest BCUT2D eigenvalue weighted by Crippen LogP contribution is -2.49. The quantitative estimate of drug-likeness (QED) is 0.820. The molecule has 0 saturated carbocycles. The van der Waals surface area contributed by atoms with Crippen LogP contribution in [0.5, 0.6) is 0 Å². The van der Waals surface area contributed by atoms with Crippen molar-refractivity contribution in [2.24, 2.45) is 0 Å². The lowest BCUT2D eigenvalue weighted by molar-refractivity contribution is 0.0257. The Morgan fingerprint density at radius 3 is 2.65 bits per heavy atom. The molecule has 3 heterocycles. The molecule has 0 atom stereocenters. The number of hydrogen-bond acceptors (Lipinski definition) is 6. The summed E-state index contributed by atoms with van der Waals surface area (Å²) in [7, 11) is 0. The van der Waals surface area contributed by atoms with Crippen LogP contribution in [0.15, 0.2) is 6.33 Å². The largest absolute Gasteiger partial charge is 0.348 e. The summed E-state index contributed by atoms with van der Waals surface area (Å²) in [5.41, 5.74) is 6.45. The summed E-state index contributed by atoms with van der Waals surface area (Å²) in [5, 5.41) is 1.87.